The van der Waals surface area contributed by atoms with Gasteiger partial charge in [0.1, 0.15) is 0 Å². The molecule has 2 unspecified atom stereocenters. The van der Waals surface area contributed by atoms with Crippen LogP contribution in [0, 0.1) is 0 Å². The molecule has 0 aromatic heterocycles. The van der Waals surface area contributed by atoms with Crippen molar-refractivity contribution in [1.29, 1.82) is 0 Å². The summed E-state index contributed by atoms with van der Waals surface area (Å²) in [6, 6.07) is -2.04. The number of urea groups is 1. The first-order valence-electron chi connectivity index (χ1n) is 4.58. The molecule has 2 amide bonds. The Bertz CT molecular complexity index is 284. The zero-order valence-electron chi connectivity index (χ0n) is 9.10. The van der Waals surface area contributed by atoms with Crippen molar-refractivity contribution >= 4 is 22.8 Å². The highest BCUT2D eigenvalue weighted by molar-refractivity contribution is 7.84. The lowest BCUT2D eigenvalue weighted by atomic mass is 10.3. The molecule has 0 aliphatic carbocycles. The Balaban J connectivity index is 3.99. The van der Waals surface area contributed by atoms with Crippen LogP contribution in [0.4, 0.5) is 4.79 Å². The number of nitrogens with one attached hydrogen (secondary N) is 2. The van der Waals surface area contributed by atoms with Crippen molar-refractivity contribution in [3.63, 3.8) is 0 Å². The van der Waals surface area contributed by atoms with Crippen LogP contribution in [0.1, 0.15) is 6.92 Å². The van der Waals surface area contributed by atoms with Crippen molar-refractivity contribution in [3.05, 3.63) is 0 Å². The molecule has 0 rings (SSSR count). The van der Waals surface area contributed by atoms with Gasteiger partial charge in [0, 0.05) is 28.9 Å². The minimum absolute atomic E-state index is 0.173. The van der Waals surface area contributed by atoms with E-state index >= 15 is 0 Å². The monoisotopic (exact) mass is 252 g/mol. The second-order valence-corrected chi connectivity index (χ2v) is 5.04. The first kappa shape index (κ1) is 14.8. The number of rotatable bonds is 6. The number of hydrogen-bond acceptors (Lipinski definition) is 4. The van der Waals surface area contributed by atoms with E-state index in [2.05, 4.69) is 10.6 Å². The number of amides is 2. The van der Waals surface area contributed by atoms with E-state index in [-0.39, 0.29) is 11.8 Å². The third kappa shape index (κ3) is 5.66. The molecule has 0 fully saturated rings. The number of carbonyl (C=O) groups excluding carboxylic acids is 1. The standard InChI is InChI=1S/C8H16N2O5S/c1-5(16(2)15)3-9-8(14)10-6(4-11)7(12)13/h5-6,11H,3-4H2,1-2H3,(H,12,13)(H2,9,10,14)/t5?,6-,16?/m0/s1. The highest BCUT2D eigenvalue weighted by Gasteiger charge is 2.18. The summed E-state index contributed by atoms with van der Waals surface area (Å²) in [4.78, 5) is 21.6. The van der Waals surface area contributed by atoms with Crippen LogP contribution in [0.25, 0.3) is 0 Å². The lowest BCUT2D eigenvalue weighted by Gasteiger charge is -2.14. The molecule has 0 aromatic rings. The molecule has 0 heterocycles. The smallest absolute Gasteiger partial charge is 0.328 e. The molecule has 0 saturated carbocycles. The minimum atomic E-state index is -1.33. The van der Waals surface area contributed by atoms with Crippen LogP contribution >= 0.6 is 0 Å². The van der Waals surface area contributed by atoms with Crippen molar-refractivity contribution in [2.75, 3.05) is 19.4 Å². The average molecular weight is 252 g/mol. The van der Waals surface area contributed by atoms with Gasteiger partial charge in [0.25, 0.3) is 0 Å². The molecule has 0 aliphatic heterocycles. The Morgan fingerprint density at radius 2 is 2.00 bits per heavy atom. The van der Waals surface area contributed by atoms with Gasteiger partial charge < -0.3 is 20.8 Å². The Kier molecular flexibility index (Phi) is 6.66. The summed E-state index contributed by atoms with van der Waals surface area (Å²) in [6.45, 7) is 1.18. The van der Waals surface area contributed by atoms with E-state index in [9.17, 15) is 13.8 Å². The van der Waals surface area contributed by atoms with Gasteiger partial charge in [-0.2, -0.15) is 0 Å². The SMILES string of the molecule is CC(CNC(=O)N[C@@H](CO)C(=O)O)S(C)=O. The maximum Gasteiger partial charge on any atom is 0.328 e. The van der Waals surface area contributed by atoms with Crippen molar-refractivity contribution < 1.29 is 24.0 Å². The van der Waals surface area contributed by atoms with Crippen LogP contribution in [0.3, 0.4) is 0 Å². The molecule has 16 heavy (non-hydrogen) atoms. The normalized spacial score (nSPS) is 15.9. The number of carboxylic acid groups (broad SMARTS) is 1. The van der Waals surface area contributed by atoms with Crippen molar-refractivity contribution in [2.24, 2.45) is 0 Å². The number of hydrogen-bond donors (Lipinski definition) is 4. The average Bonchev–Trinajstić information content (AvgIpc) is 2.21. The van der Waals surface area contributed by atoms with E-state index < -0.39 is 35.4 Å². The Morgan fingerprint density at radius 1 is 1.44 bits per heavy atom. The minimum Gasteiger partial charge on any atom is -0.480 e. The van der Waals surface area contributed by atoms with Crippen molar-refractivity contribution in [2.45, 2.75) is 18.2 Å². The van der Waals surface area contributed by atoms with E-state index in [0.29, 0.717) is 0 Å². The molecule has 3 atom stereocenters. The number of carboxylic acids is 1. The van der Waals surface area contributed by atoms with Crippen LogP contribution < -0.4 is 10.6 Å². The Morgan fingerprint density at radius 3 is 2.38 bits per heavy atom. The molecule has 4 N–H and O–H groups in total. The van der Waals surface area contributed by atoms with E-state index in [1.54, 1.807) is 6.92 Å². The van der Waals surface area contributed by atoms with Gasteiger partial charge in [0.2, 0.25) is 0 Å². The molecule has 0 saturated heterocycles. The van der Waals surface area contributed by atoms with E-state index in [1.807, 2.05) is 0 Å². The maximum atomic E-state index is 11.1. The number of carbonyl (C=O) groups is 2. The Labute approximate surface area is 95.7 Å². The van der Waals surface area contributed by atoms with Crippen LogP contribution in [0.5, 0.6) is 0 Å². The van der Waals surface area contributed by atoms with Gasteiger partial charge in [0.05, 0.1) is 6.61 Å². The topological polar surface area (TPSA) is 116 Å². The summed E-state index contributed by atoms with van der Waals surface area (Å²) in [7, 11) is -1.06. The molecule has 7 nitrogen and oxygen atoms in total. The third-order valence-corrected chi connectivity index (χ3v) is 3.20. The summed E-state index contributed by atoms with van der Waals surface area (Å²) in [5, 5.41) is 21.4. The number of aliphatic hydroxyl groups excluding tert-OH is 1. The summed E-state index contributed by atoms with van der Waals surface area (Å²) >= 11 is 0. The predicted octanol–water partition coefficient (Wildman–Crippen LogP) is -1.50. The highest BCUT2D eigenvalue weighted by Crippen LogP contribution is 1.89. The van der Waals surface area contributed by atoms with Crippen LogP contribution in [-0.4, -0.2) is 57.1 Å². The molecular weight excluding hydrogens is 236 g/mol. The molecule has 0 aliphatic rings. The van der Waals surface area contributed by atoms with Gasteiger partial charge in [-0.25, -0.2) is 9.59 Å². The first-order valence-corrected chi connectivity index (χ1v) is 6.20. The second-order valence-electron chi connectivity index (χ2n) is 3.24. The third-order valence-electron chi connectivity index (χ3n) is 1.90. The summed E-state index contributed by atoms with van der Waals surface area (Å²) in [5.41, 5.74) is 0. The fraction of sp³-hybridized carbons (Fsp3) is 0.750. The van der Waals surface area contributed by atoms with Crippen molar-refractivity contribution in [3.8, 4) is 0 Å². The molecule has 8 heteroatoms. The lowest BCUT2D eigenvalue weighted by Crippen LogP contribution is -2.49. The molecule has 0 spiro atoms. The number of aliphatic carboxylic acids is 1. The van der Waals surface area contributed by atoms with Gasteiger partial charge in [-0.15, -0.1) is 0 Å². The Hall–Kier alpha value is -1.15. The zero-order chi connectivity index (χ0) is 12.7. The molecule has 0 aromatic carbocycles. The maximum absolute atomic E-state index is 11.1. The summed E-state index contributed by atoms with van der Waals surface area (Å²) in [5.74, 6) is -1.32. The number of aliphatic hydroxyl groups is 1. The predicted molar refractivity (Wildman–Crippen MR) is 58.6 cm³/mol. The van der Waals surface area contributed by atoms with Crippen molar-refractivity contribution in [1.82, 2.24) is 10.6 Å². The zero-order valence-corrected chi connectivity index (χ0v) is 9.91. The van der Waals surface area contributed by atoms with Crippen LogP contribution in [0.2, 0.25) is 0 Å². The van der Waals surface area contributed by atoms with Gasteiger partial charge in [-0.3, -0.25) is 4.21 Å². The van der Waals surface area contributed by atoms with Crippen LogP contribution in [-0.2, 0) is 15.6 Å². The van der Waals surface area contributed by atoms with Gasteiger partial charge >= 0.3 is 12.0 Å². The molecule has 0 bridgehead atoms. The molecule has 94 valence electrons. The quantitative estimate of drug-likeness (QED) is 0.459. The van der Waals surface area contributed by atoms with Crippen LogP contribution in [0.15, 0.2) is 0 Å². The van der Waals surface area contributed by atoms with Gasteiger partial charge in [-0.1, -0.05) is 0 Å². The second kappa shape index (κ2) is 7.18. The van der Waals surface area contributed by atoms with E-state index in [1.165, 1.54) is 6.26 Å². The fourth-order valence-electron chi connectivity index (χ4n) is 0.749. The van der Waals surface area contributed by atoms with Gasteiger partial charge in [-0.05, 0) is 6.92 Å². The lowest BCUT2D eigenvalue weighted by molar-refractivity contribution is -0.140. The first-order chi connectivity index (χ1) is 7.38. The highest BCUT2D eigenvalue weighted by atomic mass is 32.2. The summed E-state index contributed by atoms with van der Waals surface area (Å²) in [6.07, 6.45) is 1.51. The molecular formula is C8H16N2O5S. The largest absolute Gasteiger partial charge is 0.480 e. The van der Waals surface area contributed by atoms with Gasteiger partial charge in [0.15, 0.2) is 6.04 Å². The van der Waals surface area contributed by atoms with E-state index in [0.717, 1.165) is 0 Å². The summed E-state index contributed by atoms with van der Waals surface area (Å²) < 4.78 is 10.9. The van der Waals surface area contributed by atoms with E-state index in [4.69, 9.17) is 10.2 Å². The fourth-order valence-corrected chi connectivity index (χ4v) is 1.07. The molecule has 0 radical (unpaired) electrons.